The van der Waals surface area contributed by atoms with Gasteiger partial charge in [-0.2, -0.15) is 0 Å². The van der Waals surface area contributed by atoms with E-state index in [0.717, 1.165) is 20.9 Å². The molecule has 2 heterocycles. The average Bonchev–Trinajstić information content (AvgIpc) is 3.37. The fraction of sp³-hybridized carbons (Fsp3) is 0.111. The van der Waals surface area contributed by atoms with Crippen LogP contribution in [-0.2, 0) is 16.0 Å². The standard InChI is InChI=1S/C27H20BrFN2O3/c28-19-9-5-17(6-10-19)25(32)23-24(16-7-11-20(29)12-8-16)31(27(34)26(23)33)14-13-18-15-30-22-4-2-1-3-21(18)22/h1-12,15,24,30,32H,13-14H2/t24-/m1/s1. The van der Waals surface area contributed by atoms with E-state index >= 15 is 0 Å². The number of hydrogen-bond donors (Lipinski definition) is 2. The minimum Gasteiger partial charge on any atom is -0.507 e. The lowest BCUT2D eigenvalue weighted by Crippen LogP contribution is -2.31. The summed E-state index contributed by atoms with van der Waals surface area (Å²) in [6.07, 6.45) is 2.41. The number of aromatic amines is 1. The van der Waals surface area contributed by atoms with E-state index in [1.165, 1.54) is 17.0 Å². The maximum atomic E-state index is 13.6. The fourth-order valence-electron chi connectivity index (χ4n) is 4.44. The van der Waals surface area contributed by atoms with Crippen LogP contribution in [0.25, 0.3) is 16.7 Å². The largest absolute Gasteiger partial charge is 0.507 e. The van der Waals surface area contributed by atoms with Crippen molar-refractivity contribution in [1.29, 1.82) is 0 Å². The van der Waals surface area contributed by atoms with E-state index in [4.69, 9.17) is 0 Å². The molecular weight excluding hydrogens is 499 g/mol. The second kappa shape index (κ2) is 8.91. The van der Waals surface area contributed by atoms with Crippen LogP contribution in [0.3, 0.4) is 0 Å². The lowest BCUT2D eigenvalue weighted by molar-refractivity contribution is -0.139. The van der Waals surface area contributed by atoms with Gasteiger partial charge >= 0.3 is 0 Å². The maximum absolute atomic E-state index is 13.6. The highest BCUT2D eigenvalue weighted by molar-refractivity contribution is 9.10. The summed E-state index contributed by atoms with van der Waals surface area (Å²) in [4.78, 5) is 30.9. The summed E-state index contributed by atoms with van der Waals surface area (Å²) >= 11 is 3.36. The van der Waals surface area contributed by atoms with Gasteiger partial charge in [-0.1, -0.05) is 58.4 Å². The minimum atomic E-state index is -0.825. The Kier molecular flexibility index (Phi) is 5.79. The van der Waals surface area contributed by atoms with Crippen LogP contribution < -0.4 is 0 Å². The van der Waals surface area contributed by atoms with Gasteiger partial charge in [0.1, 0.15) is 11.6 Å². The van der Waals surface area contributed by atoms with Crippen molar-refractivity contribution in [1.82, 2.24) is 9.88 Å². The number of rotatable bonds is 5. The number of carbonyl (C=O) groups is 2. The molecule has 1 fully saturated rings. The predicted molar refractivity (Wildman–Crippen MR) is 132 cm³/mol. The van der Waals surface area contributed by atoms with E-state index in [-0.39, 0.29) is 17.9 Å². The Morgan fingerprint density at radius 3 is 2.44 bits per heavy atom. The molecule has 1 aliphatic rings. The number of carbonyl (C=O) groups excluding carboxylic acids is 2. The van der Waals surface area contributed by atoms with Crippen molar-refractivity contribution in [3.8, 4) is 0 Å². The summed E-state index contributed by atoms with van der Waals surface area (Å²) in [6.45, 7) is 0.256. The number of para-hydroxylation sites is 1. The zero-order valence-corrected chi connectivity index (χ0v) is 19.5. The first-order valence-electron chi connectivity index (χ1n) is 10.8. The summed E-state index contributed by atoms with van der Waals surface area (Å²) in [5.41, 5.74) is 2.98. The van der Waals surface area contributed by atoms with Crippen LogP contribution in [0.5, 0.6) is 0 Å². The lowest BCUT2D eigenvalue weighted by Gasteiger charge is -2.25. The number of fused-ring (bicyclic) bond motifs is 1. The topological polar surface area (TPSA) is 73.4 Å². The van der Waals surface area contributed by atoms with Crippen molar-refractivity contribution < 1.29 is 19.1 Å². The number of aromatic nitrogens is 1. The van der Waals surface area contributed by atoms with Crippen molar-refractivity contribution >= 4 is 44.3 Å². The van der Waals surface area contributed by atoms with Crippen molar-refractivity contribution in [3.63, 3.8) is 0 Å². The molecule has 0 unspecified atom stereocenters. The summed E-state index contributed by atoms with van der Waals surface area (Å²) < 4.78 is 14.5. The van der Waals surface area contributed by atoms with E-state index < -0.39 is 23.5 Å². The second-order valence-corrected chi connectivity index (χ2v) is 9.08. The Morgan fingerprint density at radius 1 is 1.00 bits per heavy atom. The Labute approximate surface area is 203 Å². The summed E-state index contributed by atoms with van der Waals surface area (Å²) in [6, 6.07) is 19.5. The molecule has 1 amide bonds. The quantitative estimate of drug-likeness (QED) is 0.201. The van der Waals surface area contributed by atoms with Gasteiger partial charge in [-0.05, 0) is 47.9 Å². The van der Waals surface area contributed by atoms with Crippen molar-refractivity contribution in [3.05, 3.63) is 112 Å². The Hall–Kier alpha value is -3.71. The van der Waals surface area contributed by atoms with Crippen LogP contribution in [-0.4, -0.2) is 33.2 Å². The van der Waals surface area contributed by atoms with Crippen molar-refractivity contribution in [2.75, 3.05) is 6.54 Å². The summed E-state index contributed by atoms with van der Waals surface area (Å²) in [7, 11) is 0. The first kappa shape index (κ1) is 22.1. The molecule has 0 saturated carbocycles. The van der Waals surface area contributed by atoms with Gasteiger partial charge in [-0.3, -0.25) is 9.59 Å². The molecule has 0 radical (unpaired) electrons. The van der Waals surface area contributed by atoms with E-state index in [9.17, 15) is 19.1 Å². The molecule has 1 aromatic heterocycles. The first-order chi connectivity index (χ1) is 16.4. The number of ketones is 1. The van der Waals surface area contributed by atoms with Gasteiger partial charge in [0.05, 0.1) is 11.6 Å². The number of aliphatic hydroxyl groups is 1. The van der Waals surface area contributed by atoms with Crippen LogP contribution in [0.1, 0.15) is 22.7 Å². The molecule has 4 aromatic rings. The highest BCUT2D eigenvalue weighted by Gasteiger charge is 2.45. The molecule has 170 valence electrons. The molecule has 0 spiro atoms. The van der Waals surface area contributed by atoms with Gasteiger partial charge < -0.3 is 15.0 Å². The molecule has 5 rings (SSSR count). The third kappa shape index (κ3) is 3.92. The fourth-order valence-corrected chi connectivity index (χ4v) is 4.71. The Bertz CT molecular complexity index is 1420. The monoisotopic (exact) mass is 518 g/mol. The number of hydrogen-bond acceptors (Lipinski definition) is 3. The van der Waals surface area contributed by atoms with Crippen molar-refractivity contribution in [2.45, 2.75) is 12.5 Å². The number of halogens is 2. The maximum Gasteiger partial charge on any atom is 0.295 e. The molecule has 1 atom stereocenters. The van der Waals surface area contributed by atoms with E-state index in [1.807, 2.05) is 30.5 Å². The average molecular weight is 519 g/mol. The molecule has 0 aliphatic carbocycles. The number of nitrogens with one attached hydrogen (secondary N) is 1. The lowest BCUT2D eigenvalue weighted by atomic mass is 9.95. The summed E-state index contributed by atoms with van der Waals surface area (Å²) in [5, 5.41) is 12.1. The number of H-pyrrole nitrogens is 1. The molecule has 7 heteroatoms. The van der Waals surface area contributed by atoms with Crippen molar-refractivity contribution in [2.24, 2.45) is 0 Å². The van der Waals surface area contributed by atoms with Crippen LogP contribution in [0.4, 0.5) is 4.39 Å². The van der Waals surface area contributed by atoms with Crippen LogP contribution in [0.2, 0.25) is 0 Å². The highest BCUT2D eigenvalue weighted by atomic mass is 79.9. The molecular formula is C27H20BrFN2O3. The first-order valence-corrected chi connectivity index (χ1v) is 11.6. The number of nitrogens with zero attached hydrogens (tertiary/aromatic N) is 1. The highest BCUT2D eigenvalue weighted by Crippen LogP contribution is 2.39. The Balaban J connectivity index is 1.56. The molecule has 0 bridgehead atoms. The van der Waals surface area contributed by atoms with E-state index in [0.29, 0.717) is 17.5 Å². The number of likely N-dealkylation sites (tertiary alicyclic amines) is 1. The second-order valence-electron chi connectivity index (χ2n) is 8.16. The van der Waals surface area contributed by atoms with Gasteiger partial charge in [0.25, 0.3) is 11.7 Å². The zero-order chi connectivity index (χ0) is 23.8. The zero-order valence-electron chi connectivity index (χ0n) is 18.0. The normalized spacial score (nSPS) is 17.6. The smallest absolute Gasteiger partial charge is 0.295 e. The van der Waals surface area contributed by atoms with Gasteiger partial charge in [0.2, 0.25) is 0 Å². The molecule has 2 N–H and O–H groups in total. The predicted octanol–water partition coefficient (Wildman–Crippen LogP) is 5.73. The Morgan fingerprint density at radius 2 is 1.71 bits per heavy atom. The number of amides is 1. The molecule has 3 aromatic carbocycles. The third-order valence-electron chi connectivity index (χ3n) is 6.14. The van der Waals surface area contributed by atoms with Gasteiger partial charge in [0, 0.05) is 33.7 Å². The van der Waals surface area contributed by atoms with Gasteiger partial charge in [0.15, 0.2) is 0 Å². The molecule has 1 saturated heterocycles. The molecule has 34 heavy (non-hydrogen) atoms. The number of Topliss-reactive ketones (excluding diaryl/α,β-unsaturated/α-hetero) is 1. The summed E-state index contributed by atoms with van der Waals surface area (Å²) in [5.74, 6) is -2.12. The van der Waals surface area contributed by atoms with Gasteiger partial charge in [-0.25, -0.2) is 4.39 Å². The van der Waals surface area contributed by atoms with Gasteiger partial charge in [-0.15, -0.1) is 0 Å². The van der Waals surface area contributed by atoms with Crippen LogP contribution in [0, 0.1) is 5.82 Å². The SMILES string of the molecule is O=C1C(=O)N(CCc2c[nH]c3ccccc23)[C@H](c2ccc(F)cc2)C1=C(O)c1ccc(Br)cc1. The minimum absolute atomic E-state index is 0.00198. The van der Waals surface area contributed by atoms with E-state index in [2.05, 4.69) is 20.9 Å². The third-order valence-corrected chi connectivity index (χ3v) is 6.67. The van der Waals surface area contributed by atoms with Crippen LogP contribution in [0.15, 0.2) is 89.0 Å². The number of benzene rings is 3. The molecule has 1 aliphatic heterocycles. The number of aliphatic hydroxyl groups excluding tert-OH is 1. The molecule has 5 nitrogen and oxygen atoms in total. The van der Waals surface area contributed by atoms with Crippen LogP contribution >= 0.6 is 15.9 Å². The van der Waals surface area contributed by atoms with E-state index in [1.54, 1.807) is 36.4 Å².